The Bertz CT molecular complexity index is 635. The van der Waals surface area contributed by atoms with Crippen LogP contribution in [0.2, 0.25) is 0 Å². The first-order valence-corrected chi connectivity index (χ1v) is 8.29. The molecule has 0 fully saturated rings. The number of ether oxygens (including phenoxy) is 1. The summed E-state index contributed by atoms with van der Waals surface area (Å²) in [5.41, 5.74) is 3.20. The number of carbonyl (C=O) groups is 1. The standard InChI is InChI=1S/C20H25NO3/c1-3-15-4-6-16(7-5-15)8-13-20(23)21-14-19(22)17-9-11-18(24-2)12-10-17/h4-7,9-12,19,22H,3,8,13-14H2,1-2H3,(H,21,23). The number of rotatable bonds is 8. The van der Waals surface area contributed by atoms with Crippen LogP contribution in [0.5, 0.6) is 5.75 Å². The summed E-state index contributed by atoms with van der Waals surface area (Å²) in [4.78, 5) is 11.9. The zero-order valence-corrected chi connectivity index (χ0v) is 14.3. The maximum absolute atomic E-state index is 11.9. The van der Waals surface area contributed by atoms with E-state index in [0.717, 1.165) is 23.3 Å². The lowest BCUT2D eigenvalue weighted by Gasteiger charge is -2.13. The van der Waals surface area contributed by atoms with Gasteiger partial charge in [0.1, 0.15) is 5.75 Å². The first-order chi connectivity index (χ1) is 11.6. The molecule has 0 aromatic heterocycles. The average Bonchev–Trinajstić information content (AvgIpc) is 2.64. The number of methoxy groups -OCH3 is 1. The maximum Gasteiger partial charge on any atom is 0.220 e. The minimum atomic E-state index is -0.719. The lowest BCUT2D eigenvalue weighted by Crippen LogP contribution is -2.28. The Morgan fingerprint density at radius 1 is 1.08 bits per heavy atom. The van der Waals surface area contributed by atoms with Gasteiger partial charge in [0.25, 0.3) is 0 Å². The van der Waals surface area contributed by atoms with E-state index in [2.05, 4.69) is 36.5 Å². The zero-order chi connectivity index (χ0) is 17.4. The number of carbonyl (C=O) groups excluding carboxylic acids is 1. The quantitative estimate of drug-likeness (QED) is 0.783. The van der Waals surface area contributed by atoms with Gasteiger partial charge in [-0.25, -0.2) is 0 Å². The summed E-state index contributed by atoms with van der Waals surface area (Å²) in [7, 11) is 1.60. The summed E-state index contributed by atoms with van der Waals surface area (Å²) >= 11 is 0. The molecule has 2 N–H and O–H groups in total. The number of amides is 1. The SMILES string of the molecule is CCc1ccc(CCC(=O)NCC(O)c2ccc(OC)cc2)cc1. The number of aliphatic hydroxyl groups excluding tert-OH is 1. The molecule has 0 aliphatic rings. The summed E-state index contributed by atoms with van der Waals surface area (Å²) < 4.78 is 5.08. The molecule has 1 amide bonds. The molecule has 0 spiro atoms. The molecule has 0 bridgehead atoms. The van der Waals surface area contributed by atoms with E-state index >= 15 is 0 Å². The van der Waals surface area contributed by atoms with Crippen LogP contribution in [-0.2, 0) is 17.6 Å². The van der Waals surface area contributed by atoms with Crippen LogP contribution in [0.3, 0.4) is 0 Å². The minimum absolute atomic E-state index is 0.0536. The fourth-order valence-electron chi connectivity index (χ4n) is 2.44. The number of aliphatic hydroxyl groups is 1. The van der Waals surface area contributed by atoms with Crippen molar-refractivity contribution in [3.63, 3.8) is 0 Å². The molecule has 0 heterocycles. The highest BCUT2D eigenvalue weighted by Crippen LogP contribution is 2.17. The van der Waals surface area contributed by atoms with E-state index in [4.69, 9.17) is 4.74 Å². The first-order valence-electron chi connectivity index (χ1n) is 8.29. The topological polar surface area (TPSA) is 58.6 Å². The van der Waals surface area contributed by atoms with Crippen LogP contribution in [0.1, 0.15) is 36.1 Å². The van der Waals surface area contributed by atoms with E-state index in [1.165, 1.54) is 5.56 Å². The fraction of sp³-hybridized carbons (Fsp3) is 0.350. The smallest absolute Gasteiger partial charge is 0.220 e. The monoisotopic (exact) mass is 327 g/mol. The number of benzene rings is 2. The number of aryl methyl sites for hydroxylation is 2. The molecule has 24 heavy (non-hydrogen) atoms. The minimum Gasteiger partial charge on any atom is -0.497 e. The number of hydrogen-bond acceptors (Lipinski definition) is 3. The van der Waals surface area contributed by atoms with Crippen molar-refractivity contribution in [2.24, 2.45) is 0 Å². The molecule has 2 aromatic rings. The summed E-state index contributed by atoms with van der Waals surface area (Å²) in [6.45, 7) is 2.33. The Hall–Kier alpha value is -2.33. The number of hydrogen-bond donors (Lipinski definition) is 2. The predicted molar refractivity (Wildman–Crippen MR) is 95.1 cm³/mol. The normalized spacial score (nSPS) is 11.8. The van der Waals surface area contributed by atoms with Crippen molar-refractivity contribution in [2.45, 2.75) is 32.3 Å². The molecule has 1 unspecified atom stereocenters. The fourth-order valence-corrected chi connectivity index (χ4v) is 2.44. The Morgan fingerprint density at radius 3 is 2.29 bits per heavy atom. The lowest BCUT2D eigenvalue weighted by atomic mass is 10.1. The average molecular weight is 327 g/mol. The van der Waals surface area contributed by atoms with E-state index in [1.807, 2.05) is 0 Å². The first kappa shape index (κ1) is 18.0. The Morgan fingerprint density at radius 2 is 1.71 bits per heavy atom. The van der Waals surface area contributed by atoms with Gasteiger partial charge in [0.15, 0.2) is 0 Å². The van der Waals surface area contributed by atoms with Crippen LogP contribution in [0.25, 0.3) is 0 Å². The summed E-state index contributed by atoms with van der Waals surface area (Å²) in [5.74, 6) is 0.686. The van der Waals surface area contributed by atoms with Gasteiger partial charge in [0, 0.05) is 13.0 Å². The van der Waals surface area contributed by atoms with Crippen molar-refractivity contribution in [3.8, 4) is 5.75 Å². The van der Waals surface area contributed by atoms with Gasteiger partial charge in [-0.3, -0.25) is 4.79 Å². The molecule has 0 saturated heterocycles. The molecule has 1 atom stereocenters. The van der Waals surface area contributed by atoms with Crippen LogP contribution in [0.4, 0.5) is 0 Å². The van der Waals surface area contributed by atoms with E-state index in [9.17, 15) is 9.90 Å². The maximum atomic E-state index is 11.9. The zero-order valence-electron chi connectivity index (χ0n) is 14.3. The third-order valence-corrected chi connectivity index (χ3v) is 4.07. The van der Waals surface area contributed by atoms with E-state index in [0.29, 0.717) is 12.8 Å². The van der Waals surface area contributed by atoms with Gasteiger partial charge in [-0.1, -0.05) is 43.3 Å². The largest absolute Gasteiger partial charge is 0.497 e. The van der Waals surface area contributed by atoms with Gasteiger partial charge in [0.05, 0.1) is 13.2 Å². The van der Waals surface area contributed by atoms with Gasteiger partial charge < -0.3 is 15.2 Å². The molecule has 4 nitrogen and oxygen atoms in total. The lowest BCUT2D eigenvalue weighted by molar-refractivity contribution is -0.121. The van der Waals surface area contributed by atoms with Crippen molar-refractivity contribution >= 4 is 5.91 Å². The van der Waals surface area contributed by atoms with Gasteiger partial charge in [-0.15, -0.1) is 0 Å². The molecule has 0 aliphatic heterocycles. The highest BCUT2D eigenvalue weighted by molar-refractivity contribution is 5.76. The van der Waals surface area contributed by atoms with Gasteiger partial charge in [0.2, 0.25) is 5.91 Å². The highest BCUT2D eigenvalue weighted by Gasteiger charge is 2.10. The second kappa shape index (κ2) is 9.08. The van der Waals surface area contributed by atoms with Gasteiger partial charge in [-0.2, -0.15) is 0 Å². The molecule has 128 valence electrons. The summed E-state index contributed by atoms with van der Waals surface area (Å²) in [6.07, 6.45) is 1.42. The van der Waals surface area contributed by atoms with Crippen molar-refractivity contribution < 1.29 is 14.6 Å². The summed E-state index contributed by atoms with van der Waals surface area (Å²) in [5, 5.41) is 12.9. The molecular weight excluding hydrogens is 302 g/mol. The van der Waals surface area contributed by atoms with Gasteiger partial charge >= 0.3 is 0 Å². The van der Waals surface area contributed by atoms with Crippen LogP contribution in [-0.4, -0.2) is 24.7 Å². The highest BCUT2D eigenvalue weighted by atomic mass is 16.5. The van der Waals surface area contributed by atoms with Crippen molar-refractivity contribution in [1.82, 2.24) is 5.32 Å². The van der Waals surface area contributed by atoms with E-state index in [1.54, 1.807) is 31.4 Å². The van der Waals surface area contributed by atoms with Crippen molar-refractivity contribution in [1.29, 1.82) is 0 Å². The molecule has 2 aromatic carbocycles. The predicted octanol–water partition coefficient (Wildman–Crippen LogP) is 3.04. The molecule has 0 radical (unpaired) electrons. The summed E-state index contributed by atoms with van der Waals surface area (Å²) in [6, 6.07) is 15.5. The van der Waals surface area contributed by atoms with Crippen LogP contribution in [0.15, 0.2) is 48.5 Å². The van der Waals surface area contributed by atoms with E-state index in [-0.39, 0.29) is 12.5 Å². The van der Waals surface area contributed by atoms with E-state index < -0.39 is 6.10 Å². The Balaban J connectivity index is 1.75. The van der Waals surface area contributed by atoms with Gasteiger partial charge in [-0.05, 0) is 41.7 Å². The molecular formula is C20H25NO3. The van der Waals surface area contributed by atoms with Crippen molar-refractivity contribution in [3.05, 3.63) is 65.2 Å². The van der Waals surface area contributed by atoms with Crippen molar-refractivity contribution in [2.75, 3.05) is 13.7 Å². The van der Waals surface area contributed by atoms with Crippen LogP contribution in [0, 0.1) is 0 Å². The molecule has 0 aliphatic carbocycles. The molecule has 0 saturated carbocycles. The second-order valence-corrected chi connectivity index (χ2v) is 5.76. The Labute approximate surface area is 143 Å². The third kappa shape index (κ3) is 5.39. The van der Waals surface area contributed by atoms with Crippen LogP contribution < -0.4 is 10.1 Å². The third-order valence-electron chi connectivity index (χ3n) is 4.07. The number of nitrogens with one attached hydrogen (secondary N) is 1. The molecule has 2 rings (SSSR count). The van der Waals surface area contributed by atoms with Crippen LogP contribution >= 0.6 is 0 Å². The molecule has 4 heteroatoms. The Kier molecular flexibility index (Phi) is 6.82. The second-order valence-electron chi connectivity index (χ2n) is 5.76.